The van der Waals surface area contributed by atoms with Crippen LogP contribution < -0.4 is 5.73 Å². The molecule has 0 heterocycles. The van der Waals surface area contributed by atoms with E-state index in [1.54, 1.807) is 30.3 Å². The topological polar surface area (TPSA) is 26.0 Å². The van der Waals surface area contributed by atoms with Gasteiger partial charge in [0.05, 0.1) is 5.02 Å². The predicted molar refractivity (Wildman–Crippen MR) is 66.3 cm³/mol. The molecule has 2 rings (SSSR count). The van der Waals surface area contributed by atoms with E-state index in [9.17, 15) is 4.39 Å². The van der Waals surface area contributed by atoms with Crippen LogP contribution >= 0.6 is 23.2 Å². The SMILES string of the molecule is Nc1cc(Cl)cc(-c2cccc(Cl)c2F)c1. The highest BCUT2D eigenvalue weighted by Crippen LogP contribution is 2.30. The van der Waals surface area contributed by atoms with Gasteiger partial charge in [-0.25, -0.2) is 4.39 Å². The van der Waals surface area contributed by atoms with Gasteiger partial charge in [0.15, 0.2) is 0 Å². The zero-order valence-corrected chi connectivity index (χ0v) is 9.69. The zero-order valence-electron chi connectivity index (χ0n) is 8.18. The molecule has 2 N–H and O–H groups in total. The molecule has 0 amide bonds. The molecule has 0 bridgehead atoms. The van der Waals surface area contributed by atoms with Crippen molar-refractivity contribution in [3.8, 4) is 11.1 Å². The fraction of sp³-hybridized carbons (Fsp3) is 0. The normalized spacial score (nSPS) is 10.4. The molecule has 0 aliphatic carbocycles. The molecule has 0 aromatic heterocycles. The number of rotatable bonds is 1. The zero-order chi connectivity index (χ0) is 11.7. The van der Waals surface area contributed by atoms with Crippen LogP contribution in [-0.4, -0.2) is 0 Å². The molecule has 0 aliphatic rings. The minimum absolute atomic E-state index is 0.0797. The van der Waals surface area contributed by atoms with E-state index in [1.165, 1.54) is 6.07 Å². The maximum absolute atomic E-state index is 13.7. The van der Waals surface area contributed by atoms with Crippen molar-refractivity contribution in [2.75, 3.05) is 5.73 Å². The molecule has 4 heteroatoms. The molecule has 82 valence electrons. The van der Waals surface area contributed by atoms with E-state index in [4.69, 9.17) is 28.9 Å². The smallest absolute Gasteiger partial charge is 0.149 e. The first-order chi connectivity index (χ1) is 7.58. The minimum Gasteiger partial charge on any atom is -0.399 e. The van der Waals surface area contributed by atoms with Crippen molar-refractivity contribution in [3.05, 3.63) is 52.3 Å². The Bertz CT molecular complexity index is 520. The van der Waals surface area contributed by atoms with Gasteiger partial charge < -0.3 is 5.73 Å². The number of nitrogens with two attached hydrogens (primary N) is 1. The molecule has 0 saturated heterocycles. The number of benzene rings is 2. The number of hydrogen-bond acceptors (Lipinski definition) is 1. The van der Waals surface area contributed by atoms with E-state index in [0.29, 0.717) is 21.8 Å². The Morgan fingerprint density at radius 3 is 2.50 bits per heavy atom. The van der Waals surface area contributed by atoms with E-state index < -0.39 is 5.82 Å². The van der Waals surface area contributed by atoms with Gasteiger partial charge in [0.25, 0.3) is 0 Å². The first-order valence-electron chi connectivity index (χ1n) is 4.58. The van der Waals surface area contributed by atoms with Crippen LogP contribution in [-0.2, 0) is 0 Å². The first kappa shape index (κ1) is 11.2. The molecule has 0 saturated carbocycles. The summed E-state index contributed by atoms with van der Waals surface area (Å²) in [6.07, 6.45) is 0. The Morgan fingerprint density at radius 1 is 1.06 bits per heavy atom. The van der Waals surface area contributed by atoms with Gasteiger partial charge in [0, 0.05) is 16.3 Å². The summed E-state index contributed by atoms with van der Waals surface area (Å²) in [7, 11) is 0. The van der Waals surface area contributed by atoms with Crippen molar-refractivity contribution >= 4 is 28.9 Å². The third-order valence-corrected chi connectivity index (χ3v) is 2.69. The highest BCUT2D eigenvalue weighted by atomic mass is 35.5. The van der Waals surface area contributed by atoms with Gasteiger partial charge in [-0.3, -0.25) is 0 Å². The van der Waals surface area contributed by atoms with Gasteiger partial charge in [-0.2, -0.15) is 0 Å². The molecular formula is C12H8Cl2FN. The lowest BCUT2D eigenvalue weighted by molar-refractivity contribution is 0.632. The molecule has 0 spiro atoms. The molecule has 1 nitrogen and oxygen atoms in total. The van der Waals surface area contributed by atoms with Crippen LogP contribution in [0.4, 0.5) is 10.1 Å². The van der Waals surface area contributed by atoms with Gasteiger partial charge in [0.2, 0.25) is 0 Å². The lowest BCUT2D eigenvalue weighted by Crippen LogP contribution is -1.89. The summed E-state index contributed by atoms with van der Waals surface area (Å²) >= 11 is 11.6. The fourth-order valence-corrected chi connectivity index (χ4v) is 1.91. The molecule has 0 atom stereocenters. The van der Waals surface area contributed by atoms with Crippen molar-refractivity contribution in [2.24, 2.45) is 0 Å². The molecule has 0 unspecified atom stereocenters. The average molecular weight is 256 g/mol. The summed E-state index contributed by atoms with van der Waals surface area (Å²) < 4.78 is 13.7. The van der Waals surface area contributed by atoms with Crippen LogP contribution in [0.3, 0.4) is 0 Å². The van der Waals surface area contributed by atoms with E-state index >= 15 is 0 Å². The highest BCUT2D eigenvalue weighted by Gasteiger charge is 2.09. The third-order valence-electron chi connectivity index (χ3n) is 2.18. The molecule has 2 aromatic carbocycles. The summed E-state index contributed by atoms with van der Waals surface area (Å²) in [4.78, 5) is 0. The maximum Gasteiger partial charge on any atom is 0.149 e. The molecular weight excluding hydrogens is 248 g/mol. The Balaban J connectivity index is 2.63. The minimum atomic E-state index is -0.467. The van der Waals surface area contributed by atoms with Crippen molar-refractivity contribution in [2.45, 2.75) is 0 Å². The number of halogens is 3. The second-order valence-corrected chi connectivity index (χ2v) is 4.22. The Kier molecular flexibility index (Phi) is 3.03. The van der Waals surface area contributed by atoms with Gasteiger partial charge in [-0.1, -0.05) is 35.3 Å². The van der Waals surface area contributed by atoms with Gasteiger partial charge in [0.1, 0.15) is 5.82 Å². The van der Waals surface area contributed by atoms with E-state index in [0.717, 1.165) is 0 Å². The summed E-state index contributed by atoms with van der Waals surface area (Å²) in [5, 5.41) is 0.547. The fourth-order valence-electron chi connectivity index (χ4n) is 1.49. The van der Waals surface area contributed by atoms with E-state index in [1.807, 2.05) is 0 Å². The maximum atomic E-state index is 13.7. The second-order valence-electron chi connectivity index (χ2n) is 3.37. The summed E-state index contributed by atoms with van der Waals surface area (Å²) in [6, 6.07) is 9.71. The van der Waals surface area contributed by atoms with Gasteiger partial charge in [-0.05, 0) is 29.8 Å². The largest absolute Gasteiger partial charge is 0.399 e. The summed E-state index contributed by atoms with van der Waals surface area (Å²) in [5.74, 6) is -0.467. The monoisotopic (exact) mass is 255 g/mol. The standard InChI is InChI=1S/C12H8Cl2FN/c13-8-4-7(5-9(16)6-8)10-2-1-3-11(14)12(10)15/h1-6H,16H2. The van der Waals surface area contributed by atoms with Crippen LogP contribution in [0.5, 0.6) is 0 Å². The average Bonchev–Trinajstić information content (AvgIpc) is 2.20. The van der Waals surface area contributed by atoms with Crippen LogP contribution in [0.25, 0.3) is 11.1 Å². The molecule has 0 radical (unpaired) electrons. The number of hydrogen-bond donors (Lipinski definition) is 1. The first-order valence-corrected chi connectivity index (χ1v) is 5.34. The van der Waals surface area contributed by atoms with Crippen LogP contribution in [0.15, 0.2) is 36.4 Å². The van der Waals surface area contributed by atoms with Crippen LogP contribution in [0, 0.1) is 5.82 Å². The molecule has 0 fully saturated rings. The molecule has 0 aliphatic heterocycles. The quantitative estimate of drug-likeness (QED) is 0.752. The van der Waals surface area contributed by atoms with Crippen LogP contribution in [0.1, 0.15) is 0 Å². The van der Waals surface area contributed by atoms with Crippen molar-refractivity contribution in [1.29, 1.82) is 0 Å². The second kappa shape index (κ2) is 4.32. The van der Waals surface area contributed by atoms with Crippen molar-refractivity contribution < 1.29 is 4.39 Å². The molecule has 16 heavy (non-hydrogen) atoms. The lowest BCUT2D eigenvalue weighted by atomic mass is 10.0. The van der Waals surface area contributed by atoms with Crippen molar-refractivity contribution in [1.82, 2.24) is 0 Å². The Labute approximate surface area is 103 Å². The van der Waals surface area contributed by atoms with Gasteiger partial charge >= 0.3 is 0 Å². The van der Waals surface area contributed by atoms with E-state index in [2.05, 4.69) is 0 Å². The Morgan fingerprint density at radius 2 is 1.81 bits per heavy atom. The highest BCUT2D eigenvalue weighted by molar-refractivity contribution is 6.31. The summed E-state index contributed by atoms with van der Waals surface area (Å²) in [6.45, 7) is 0. The Hall–Kier alpha value is -1.25. The van der Waals surface area contributed by atoms with Crippen molar-refractivity contribution in [3.63, 3.8) is 0 Å². The van der Waals surface area contributed by atoms with Gasteiger partial charge in [-0.15, -0.1) is 0 Å². The van der Waals surface area contributed by atoms with E-state index in [-0.39, 0.29) is 5.02 Å². The number of nitrogen functional groups attached to an aromatic ring is 1. The van der Waals surface area contributed by atoms with Crippen LogP contribution in [0.2, 0.25) is 10.0 Å². The lowest BCUT2D eigenvalue weighted by Gasteiger charge is -2.06. The summed E-state index contributed by atoms with van der Waals surface area (Å²) in [5.41, 5.74) is 7.14. The number of anilines is 1. The molecule has 2 aromatic rings. The third kappa shape index (κ3) is 2.13. The predicted octanol–water partition coefficient (Wildman–Crippen LogP) is 4.38.